The molecule has 1 N–H and O–H groups in total. The minimum Gasteiger partial charge on any atom is -0.311 e. The second kappa shape index (κ2) is 3.84. The maximum Gasteiger partial charge on any atom is 0.0121 e. The van der Waals surface area contributed by atoms with Gasteiger partial charge in [0.2, 0.25) is 0 Å². The number of hydrogen-bond donors (Lipinski definition) is 1. The summed E-state index contributed by atoms with van der Waals surface area (Å²) in [6.45, 7) is 7.20. The average Bonchev–Trinajstić information content (AvgIpc) is 2.80. The van der Waals surface area contributed by atoms with Crippen LogP contribution in [0.4, 0.5) is 0 Å². The quantitative estimate of drug-likeness (QED) is 0.725. The second-order valence-corrected chi connectivity index (χ2v) is 6.18. The highest BCUT2D eigenvalue weighted by Gasteiger charge is 2.35. The van der Waals surface area contributed by atoms with Crippen LogP contribution in [0.5, 0.6) is 0 Å². The molecule has 1 heteroatoms. The van der Waals surface area contributed by atoms with Gasteiger partial charge in [-0.2, -0.15) is 0 Å². The van der Waals surface area contributed by atoms with E-state index in [0.717, 1.165) is 18.0 Å². The Morgan fingerprint density at radius 3 is 2.50 bits per heavy atom. The van der Waals surface area contributed by atoms with Crippen molar-refractivity contribution < 1.29 is 0 Å². The number of rotatable bonds is 4. The predicted octanol–water partition coefficient (Wildman–Crippen LogP) is 3.34. The Bertz CT molecular complexity index is 193. The van der Waals surface area contributed by atoms with E-state index in [1.807, 2.05) is 0 Å². The molecule has 14 heavy (non-hydrogen) atoms. The topological polar surface area (TPSA) is 12.0 Å². The van der Waals surface area contributed by atoms with Crippen LogP contribution in [0, 0.1) is 11.3 Å². The third kappa shape index (κ3) is 2.50. The van der Waals surface area contributed by atoms with Gasteiger partial charge in [0.25, 0.3) is 0 Å². The van der Waals surface area contributed by atoms with Crippen LogP contribution in [0.1, 0.15) is 59.3 Å². The Morgan fingerprint density at radius 1 is 1.29 bits per heavy atom. The Hall–Kier alpha value is -0.0400. The molecule has 2 unspecified atom stereocenters. The van der Waals surface area contributed by atoms with Crippen LogP contribution in [0.15, 0.2) is 0 Å². The summed E-state index contributed by atoms with van der Waals surface area (Å²) in [7, 11) is 0. The van der Waals surface area contributed by atoms with Crippen molar-refractivity contribution in [3.63, 3.8) is 0 Å². The van der Waals surface area contributed by atoms with Crippen LogP contribution < -0.4 is 5.32 Å². The van der Waals surface area contributed by atoms with E-state index in [1.54, 1.807) is 0 Å². The summed E-state index contributed by atoms with van der Waals surface area (Å²) in [5.74, 6) is 1.06. The maximum atomic E-state index is 3.84. The van der Waals surface area contributed by atoms with Crippen molar-refractivity contribution in [1.82, 2.24) is 5.32 Å². The standard InChI is InChI=1S/C13H25N/c1-10(9-11-6-7-11)14-12-5-4-8-13(12,2)3/h10-12,14H,4-9H2,1-3H3. The fourth-order valence-electron chi connectivity index (χ4n) is 2.90. The minimum absolute atomic E-state index is 0.539. The van der Waals surface area contributed by atoms with Crippen molar-refractivity contribution in [1.29, 1.82) is 0 Å². The number of hydrogen-bond acceptors (Lipinski definition) is 1. The van der Waals surface area contributed by atoms with Crippen LogP contribution >= 0.6 is 0 Å². The molecule has 82 valence electrons. The zero-order valence-corrected chi connectivity index (χ0v) is 9.97. The smallest absolute Gasteiger partial charge is 0.0121 e. The molecule has 2 atom stereocenters. The third-order valence-electron chi connectivity index (χ3n) is 4.13. The van der Waals surface area contributed by atoms with Crippen LogP contribution in [0.25, 0.3) is 0 Å². The lowest BCUT2D eigenvalue weighted by Gasteiger charge is -2.31. The summed E-state index contributed by atoms with van der Waals surface area (Å²) in [6, 6.07) is 1.51. The lowest BCUT2D eigenvalue weighted by atomic mass is 9.87. The molecule has 0 amide bonds. The molecule has 0 bridgehead atoms. The molecular weight excluding hydrogens is 170 g/mol. The molecule has 2 fully saturated rings. The van der Waals surface area contributed by atoms with Gasteiger partial charge in [-0.05, 0) is 37.5 Å². The summed E-state index contributed by atoms with van der Waals surface area (Å²) < 4.78 is 0. The van der Waals surface area contributed by atoms with Gasteiger partial charge in [-0.3, -0.25) is 0 Å². The van der Waals surface area contributed by atoms with Crippen molar-refractivity contribution in [3.05, 3.63) is 0 Å². The van der Waals surface area contributed by atoms with Gasteiger partial charge >= 0.3 is 0 Å². The molecule has 2 saturated carbocycles. The first-order valence-electron chi connectivity index (χ1n) is 6.34. The van der Waals surface area contributed by atoms with E-state index in [-0.39, 0.29) is 0 Å². The van der Waals surface area contributed by atoms with Gasteiger partial charge in [0.15, 0.2) is 0 Å². The van der Waals surface area contributed by atoms with Crippen LogP contribution in [-0.4, -0.2) is 12.1 Å². The summed E-state index contributed by atoms with van der Waals surface area (Å²) >= 11 is 0. The Balaban J connectivity index is 1.77. The van der Waals surface area contributed by atoms with Gasteiger partial charge in [-0.1, -0.05) is 33.1 Å². The molecule has 0 aromatic heterocycles. The normalized spacial score (nSPS) is 33.2. The molecule has 1 nitrogen and oxygen atoms in total. The van der Waals surface area contributed by atoms with Crippen LogP contribution in [-0.2, 0) is 0 Å². The highest BCUT2D eigenvalue weighted by Crippen LogP contribution is 2.38. The fraction of sp³-hybridized carbons (Fsp3) is 1.00. The molecule has 0 radical (unpaired) electrons. The predicted molar refractivity (Wildman–Crippen MR) is 61.4 cm³/mol. The monoisotopic (exact) mass is 195 g/mol. The molecule has 0 aromatic carbocycles. The SMILES string of the molecule is CC(CC1CC1)NC1CCCC1(C)C. The summed E-state index contributed by atoms with van der Waals surface area (Å²) in [6.07, 6.45) is 8.59. The second-order valence-electron chi connectivity index (χ2n) is 6.18. The van der Waals surface area contributed by atoms with Gasteiger partial charge in [-0.25, -0.2) is 0 Å². The molecule has 2 aliphatic rings. The van der Waals surface area contributed by atoms with Crippen LogP contribution in [0.3, 0.4) is 0 Å². The van der Waals surface area contributed by atoms with Crippen molar-refractivity contribution in [3.8, 4) is 0 Å². The molecule has 0 aliphatic heterocycles. The Kier molecular flexibility index (Phi) is 2.88. The van der Waals surface area contributed by atoms with Crippen molar-refractivity contribution in [2.45, 2.75) is 71.4 Å². The molecule has 0 heterocycles. The van der Waals surface area contributed by atoms with E-state index in [1.165, 1.54) is 38.5 Å². The molecule has 2 aliphatic carbocycles. The zero-order valence-electron chi connectivity index (χ0n) is 9.97. The molecule has 0 spiro atoms. The van der Waals surface area contributed by atoms with E-state index >= 15 is 0 Å². The minimum atomic E-state index is 0.539. The van der Waals surface area contributed by atoms with E-state index in [2.05, 4.69) is 26.1 Å². The maximum absolute atomic E-state index is 3.84. The molecule has 2 rings (SSSR count). The zero-order chi connectivity index (χ0) is 10.2. The van der Waals surface area contributed by atoms with E-state index < -0.39 is 0 Å². The van der Waals surface area contributed by atoms with Gasteiger partial charge in [0.1, 0.15) is 0 Å². The van der Waals surface area contributed by atoms with E-state index in [4.69, 9.17) is 0 Å². The van der Waals surface area contributed by atoms with Crippen molar-refractivity contribution in [2.24, 2.45) is 11.3 Å². The molecular formula is C13H25N. The summed E-state index contributed by atoms with van der Waals surface area (Å²) in [4.78, 5) is 0. The average molecular weight is 195 g/mol. The Labute approximate surface area is 88.7 Å². The van der Waals surface area contributed by atoms with E-state index in [0.29, 0.717) is 5.41 Å². The van der Waals surface area contributed by atoms with E-state index in [9.17, 15) is 0 Å². The van der Waals surface area contributed by atoms with Gasteiger partial charge in [0, 0.05) is 12.1 Å². The summed E-state index contributed by atoms with van der Waals surface area (Å²) in [5.41, 5.74) is 0.539. The fourth-order valence-corrected chi connectivity index (χ4v) is 2.90. The largest absolute Gasteiger partial charge is 0.311 e. The van der Waals surface area contributed by atoms with Crippen LogP contribution in [0.2, 0.25) is 0 Å². The van der Waals surface area contributed by atoms with Crippen molar-refractivity contribution >= 4 is 0 Å². The molecule has 0 aromatic rings. The highest BCUT2D eigenvalue weighted by molar-refractivity contribution is 4.92. The van der Waals surface area contributed by atoms with Gasteiger partial charge in [0.05, 0.1) is 0 Å². The third-order valence-corrected chi connectivity index (χ3v) is 4.13. The van der Waals surface area contributed by atoms with Crippen molar-refractivity contribution in [2.75, 3.05) is 0 Å². The highest BCUT2D eigenvalue weighted by atomic mass is 15.0. The first-order valence-corrected chi connectivity index (χ1v) is 6.34. The first kappa shape index (κ1) is 10.5. The first-order chi connectivity index (χ1) is 6.58. The lowest BCUT2D eigenvalue weighted by Crippen LogP contribution is -2.42. The number of nitrogens with one attached hydrogen (secondary N) is 1. The van der Waals surface area contributed by atoms with Gasteiger partial charge in [-0.15, -0.1) is 0 Å². The Morgan fingerprint density at radius 2 is 2.00 bits per heavy atom. The molecule has 0 saturated heterocycles. The van der Waals surface area contributed by atoms with Gasteiger partial charge < -0.3 is 5.32 Å². The lowest BCUT2D eigenvalue weighted by molar-refractivity contribution is 0.259. The summed E-state index contributed by atoms with van der Waals surface area (Å²) in [5, 5.41) is 3.84.